The quantitative estimate of drug-likeness (QED) is 0.447. The molecule has 0 unspecified atom stereocenters. The van der Waals surface area contributed by atoms with Gasteiger partial charge in [-0.25, -0.2) is 4.39 Å². The number of fused-ring (bicyclic) bond motifs is 2. The number of halogens is 1. The Hall–Kier alpha value is -2.28. The topological polar surface area (TPSA) is 65.7 Å². The fourth-order valence-corrected chi connectivity index (χ4v) is 3.60. The number of aryl methyl sites for hydroxylation is 1. The molecule has 0 aliphatic carbocycles. The van der Waals surface area contributed by atoms with Crippen molar-refractivity contribution in [1.82, 2.24) is 9.47 Å². The minimum atomic E-state index is -0.391. The zero-order valence-electron chi connectivity index (χ0n) is 15.3. The summed E-state index contributed by atoms with van der Waals surface area (Å²) in [5.74, 6) is -0.391. The average molecular weight is 372 g/mol. The molecule has 3 rings (SSSR count). The van der Waals surface area contributed by atoms with Crippen LogP contribution in [0.1, 0.15) is 12.8 Å². The van der Waals surface area contributed by atoms with Gasteiger partial charge in [-0.2, -0.15) is 0 Å². The van der Waals surface area contributed by atoms with Crippen LogP contribution in [0.15, 0.2) is 47.3 Å². The monoisotopic (exact) mass is 372 g/mol. The zero-order chi connectivity index (χ0) is 19.2. The summed E-state index contributed by atoms with van der Waals surface area (Å²) in [6.07, 6.45) is 1.64. The van der Waals surface area contributed by atoms with Gasteiger partial charge < -0.3 is 14.8 Å². The number of aromatic nitrogens is 1. The first kappa shape index (κ1) is 19.5. The molecular weight excluding hydrogens is 347 g/mol. The molecule has 0 saturated heterocycles. The van der Waals surface area contributed by atoms with Crippen LogP contribution in [0, 0.1) is 5.82 Å². The van der Waals surface area contributed by atoms with Gasteiger partial charge in [0.25, 0.3) is 0 Å². The number of para-hydroxylation sites is 2. The third-order valence-corrected chi connectivity index (χ3v) is 4.88. The zero-order valence-corrected chi connectivity index (χ0v) is 15.3. The maximum Gasteiger partial charge on any atom is 0.197 e. The third kappa shape index (κ3) is 4.18. The van der Waals surface area contributed by atoms with Gasteiger partial charge in [0.2, 0.25) is 0 Å². The van der Waals surface area contributed by atoms with Gasteiger partial charge >= 0.3 is 0 Å². The van der Waals surface area contributed by atoms with Crippen LogP contribution in [-0.4, -0.2) is 52.5 Å². The molecule has 0 saturated carbocycles. The Morgan fingerprint density at radius 1 is 0.889 bits per heavy atom. The van der Waals surface area contributed by atoms with Crippen LogP contribution in [0.4, 0.5) is 4.39 Å². The highest BCUT2D eigenvalue weighted by atomic mass is 19.1. The largest absolute Gasteiger partial charge is 0.395 e. The van der Waals surface area contributed by atoms with Crippen LogP contribution in [0.2, 0.25) is 0 Å². The van der Waals surface area contributed by atoms with E-state index in [4.69, 9.17) is 10.2 Å². The molecule has 0 aliphatic heterocycles. The van der Waals surface area contributed by atoms with Crippen molar-refractivity contribution >= 4 is 21.8 Å². The Labute approximate surface area is 157 Å². The molecule has 27 heavy (non-hydrogen) atoms. The number of hydrogen-bond acceptors (Lipinski definition) is 4. The van der Waals surface area contributed by atoms with E-state index in [0.717, 1.165) is 24.9 Å². The molecular formula is C21H25FN2O3. The van der Waals surface area contributed by atoms with Crippen molar-refractivity contribution in [3.63, 3.8) is 0 Å². The summed E-state index contributed by atoms with van der Waals surface area (Å²) in [6, 6.07) is 11.9. The van der Waals surface area contributed by atoms with E-state index in [1.54, 1.807) is 18.2 Å². The van der Waals surface area contributed by atoms with Crippen molar-refractivity contribution in [3.05, 3.63) is 58.5 Å². The molecule has 2 N–H and O–H groups in total. The van der Waals surface area contributed by atoms with Crippen molar-refractivity contribution in [3.8, 4) is 0 Å². The minimum absolute atomic E-state index is 0.0558. The van der Waals surface area contributed by atoms with Crippen molar-refractivity contribution in [2.24, 2.45) is 0 Å². The fourth-order valence-electron chi connectivity index (χ4n) is 3.60. The number of rotatable bonds is 9. The highest BCUT2D eigenvalue weighted by molar-refractivity contribution is 5.93. The molecule has 1 heterocycles. The molecule has 2 aromatic carbocycles. The minimum Gasteiger partial charge on any atom is -0.395 e. The van der Waals surface area contributed by atoms with E-state index in [1.807, 2.05) is 27.7 Å². The Bertz CT molecular complexity index is 965. The van der Waals surface area contributed by atoms with E-state index in [0.29, 0.717) is 35.9 Å². The third-order valence-electron chi connectivity index (χ3n) is 4.88. The van der Waals surface area contributed by atoms with Gasteiger partial charge in [0.15, 0.2) is 5.43 Å². The van der Waals surface area contributed by atoms with Gasteiger partial charge in [-0.05, 0) is 43.7 Å². The first-order chi connectivity index (χ1) is 13.2. The van der Waals surface area contributed by atoms with Crippen LogP contribution >= 0.6 is 0 Å². The normalized spacial score (nSPS) is 11.7. The van der Waals surface area contributed by atoms with Crippen molar-refractivity contribution in [1.29, 1.82) is 0 Å². The summed E-state index contributed by atoms with van der Waals surface area (Å²) in [4.78, 5) is 14.7. The lowest BCUT2D eigenvalue weighted by Crippen LogP contribution is -2.31. The van der Waals surface area contributed by atoms with Gasteiger partial charge in [-0.15, -0.1) is 0 Å². The lowest BCUT2D eigenvalue weighted by atomic mass is 10.1. The van der Waals surface area contributed by atoms with Crippen LogP contribution in [0.3, 0.4) is 0 Å². The predicted octanol–water partition coefficient (Wildman–Crippen LogP) is 2.36. The van der Waals surface area contributed by atoms with Gasteiger partial charge in [-0.1, -0.05) is 18.2 Å². The number of aliphatic hydroxyl groups excluding tert-OH is 2. The SMILES string of the molecule is O=c1c2ccccc2n(CCCCN(CCO)CCO)c2c(F)cccc12. The average Bonchev–Trinajstić information content (AvgIpc) is 2.68. The number of pyridine rings is 1. The first-order valence-electron chi connectivity index (χ1n) is 9.31. The molecule has 0 fully saturated rings. The standard InChI is InChI=1S/C21H25FN2O3/c22-18-8-5-7-17-20(18)24(19-9-2-1-6-16(19)21(17)27)11-4-3-10-23(12-14-25)13-15-26/h1-2,5-9,25-26H,3-4,10-15H2. The second-order valence-corrected chi connectivity index (χ2v) is 6.63. The highest BCUT2D eigenvalue weighted by Crippen LogP contribution is 2.22. The number of hydrogen-bond donors (Lipinski definition) is 2. The summed E-state index contributed by atoms with van der Waals surface area (Å²) in [6.45, 7) is 2.50. The van der Waals surface area contributed by atoms with Gasteiger partial charge in [0.1, 0.15) is 5.82 Å². The van der Waals surface area contributed by atoms with Crippen molar-refractivity contribution in [2.45, 2.75) is 19.4 Å². The Balaban J connectivity index is 1.89. The lowest BCUT2D eigenvalue weighted by molar-refractivity contribution is 0.159. The van der Waals surface area contributed by atoms with Crippen molar-refractivity contribution < 1.29 is 14.6 Å². The highest BCUT2D eigenvalue weighted by Gasteiger charge is 2.13. The van der Waals surface area contributed by atoms with Gasteiger partial charge in [0, 0.05) is 30.4 Å². The number of benzene rings is 2. The smallest absolute Gasteiger partial charge is 0.197 e. The second-order valence-electron chi connectivity index (χ2n) is 6.63. The molecule has 3 aromatic rings. The fraction of sp³-hybridized carbons (Fsp3) is 0.381. The Morgan fingerprint density at radius 3 is 2.33 bits per heavy atom. The summed E-state index contributed by atoms with van der Waals surface area (Å²) >= 11 is 0. The van der Waals surface area contributed by atoms with E-state index in [9.17, 15) is 9.18 Å². The van der Waals surface area contributed by atoms with E-state index in [-0.39, 0.29) is 18.6 Å². The number of nitrogens with zero attached hydrogens (tertiary/aromatic N) is 2. The summed E-state index contributed by atoms with van der Waals surface area (Å²) in [5, 5.41) is 19.2. The van der Waals surface area contributed by atoms with Crippen LogP contribution in [0.25, 0.3) is 21.8 Å². The summed E-state index contributed by atoms with van der Waals surface area (Å²) in [5.41, 5.74) is 0.944. The van der Waals surface area contributed by atoms with E-state index in [2.05, 4.69) is 0 Å². The van der Waals surface area contributed by atoms with Crippen LogP contribution in [0.5, 0.6) is 0 Å². The molecule has 0 aliphatic rings. The molecule has 0 atom stereocenters. The molecule has 6 heteroatoms. The summed E-state index contributed by atoms with van der Waals surface area (Å²) in [7, 11) is 0. The van der Waals surface area contributed by atoms with Gasteiger partial charge in [0.05, 0.1) is 24.2 Å². The molecule has 1 aromatic heterocycles. The first-order valence-corrected chi connectivity index (χ1v) is 9.31. The van der Waals surface area contributed by atoms with Crippen LogP contribution in [-0.2, 0) is 6.54 Å². The molecule has 5 nitrogen and oxygen atoms in total. The maximum atomic E-state index is 14.6. The Morgan fingerprint density at radius 2 is 1.59 bits per heavy atom. The summed E-state index contributed by atoms with van der Waals surface area (Å²) < 4.78 is 16.5. The predicted molar refractivity (Wildman–Crippen MR) is 106 cm³/mol. The van der Waals surface area contributed by atoms with Crippen molar-refractivity contribution in [2.75, 3.05) is 32.8 Å². The van der Waals surface area contributed by atoms with E-state index < -0.39 is 5.82 Å². The number of aliphatic hydroxyl groups is 2. The second kappa shape index (κ2) is 9.08. The molecule has 0 radical (unpaired) electrons. The molecule has 144 valence electrons. The molecule has 0 amide bonds. The lowest BCUT2D eigenvalue weighted by Gasteiger charge is -2.20. The van der Waals surface area contributed by atoms with E-state index in [1.165, 1.54) is 6.07 Å². The molecule has 0 spiro atoms. The van der Waals surface area contributed by atoms with E-state index >= 15 is 0 Å². The molecule has 0 bridgehead atoms. The van der Waals surface area contributed by atoms with Gasteiger partial charge in [-0.3, -0.25) is 9.69 Å². The Kier molecular flexibility index (Phi) is 6.55. The van der Waals surface area contributed by atoms with Crippen LogP contribution < -0.4 is 5.43 Å². The maximum absolute atomic E-state index is 14.6. The number of unbranched alkanes of at least 4 members (excludes halogenated alkanes) is 1.